The molecule has 7 nitrogen and oxygen atoms in total. The van der Waals surface area contributed by atoms with Crippen LogP contribution in [0.5, 0.6) is 0 Å². The number of amides is 1. The molecule has 190 valence electrons. The number of nitrogens with one attached hydrogen (secondary N) is 1. The molecular formula is C29H29N3O4S. The third-order valence-corrected chi connectivity index (χ3v) is 8.45. The first-order valence-corrected chi connectivity index (χ1v) is 13.7. The number of hydroxylamine groups is 1. The highest BCUT2D eigenvalue weighted by molar-refractivity contribution is 7.89. The standard InChI is InChI=1S/C29H29N3O4S/c33-29(30-36-22-23-7-2-1-3-8-23)25-11-14-27(15-12-25)31-17-6-18-32(20-19-31)37(34,35)28-16-13-24-9-4-5-10-26(24)21-28/h1-5,7-16,21H,6,17-20,22H2,(H,30,33). The van der Waals surface area contributed by atoms with E-state index in [4.69, 9.17) is 4.84 Å². The lowest BCUT2D eigenvalue weighted by Gasteiger charge is -2.24. The molecule has 8 heteroatoms. The monoisotopic (exact) mass is 515 g/mol. The smallest absolute Gasteiger partial charge is 0.274 e. The van der Waals surface area contributed by atoms with Crippen LogP contribution in [0.3, 0.4) is 0 Å². The SMILES string of the molecule is O=C(NOCc1ccccc1)c1ccc(N2CCCN(S(=O)(=O)c3ccc4ccccc4c3)CC2)cc1. The van der Waals surface area contributed by atoms with Crippen LogP contribution in [-0.2, 0) is 21.5 Å². The largest absolute Gasteiger partial charge is 0.370 e. The maximum Gasteiger partial charge on any atom is 0.274 e. The zero-order valence-corrected chi connectivity index (χ0v) is 21.2. The molecule has 4 aromatic rings. The highest BCUT2D eigenvalue weighted by Crippen LogP contribution is 2.24. The fourth-order valence-electron chi connectivity index (χ4n) is 4.51. The van der Waals surface area contributed by atoms with Crippen molar-refractivity contribution < 1.29 is 18.0 Å². The predicted octanol–water partition coefficient (Wildman–Crippen LogP) is 4.60. The molecule has 1 saturated heterocycles. The zero-order valence-electron chi connectivity index (χ0n) is 20.4. The van der Waals surface area contributed by atoms with Crippen LogP contribution in [0, 0.1) is 0 Å². The van der Waals surface area contributed by atoms with Gasteiger partial charge in [-0.1, -0.05) is 60.7 Å². The molecule has 0 saturated carbocycles. The topological polar surface area (TPSA) is 79.0 Å². The van der Waals surface area contributed by atoms with Crippen molar-refractivity contribution in [1.82, 2.24) is 9.79 Å². The summed E-state index contributed by atoms with van der Waals surface area (Å²) < 4.78 is 28.3. The van der Waals surface area contributed by atoms with Gasteiger partial charge in [0.05, 0.1) is 11.5 Å². The van der Waals surface area contributed by atoms with Gasteiger partial charge in [0.15, 0.2) is 0 Å². The number of carbonyl (C=O) groups excluding carboxylic acids is 1. The summed E-state index contributed by atoms with van der Waals surface area (Å²) in [6.07, 6.45) is 0.711. The van der Waals surface area contributed by atoms with Crippen LogP contribution in [0.4, 0.5) is 5.69 Å². The molecule has 0 atom stereocenters. The molecule has 1 fully saturated rings. The van der Waals surface area contributed by atoms with Crippen molar-refractivity contribution in [2.45, 2.75) is 17.9 Å². The number of hydrogen-bond donors (Lipinski definition) is 1. The van der Waals surface area contributed by atoms with Crippen LogP contribution in [0.2, 0.25) is 0 Å². The molecule has 0 radical (unpaired) electrons. The first kappa shape index (κ1) is 25.0. The number of sulfonamides is 1. The molecular weight excluding hydrogens is 486 g/mol. The van der Waals surface area contributed by atoms with Gasteiger partial charge in [-0.3, -0.25) is 9.63 Å². The van der Waals surface area contributed by atoms with Crippen molar-refractivity contribution in [3.8, 4) is 0 Å². The van der Waals surface area contributed by atoms with Gasteiger partial charge in [0, 0.05) is 37.4 Å². The van der Waals surface area contributed by atoms with Crippen LogP contribution in [0.15, 0.2) is 102 Å². The number of benzene rings is 4. The molecule has 5 rings (SSSR count). The third kappa shape index (κ3) is 5.83. The molecule has 1 aliphatic heterocycles. The Hall–Kier alpha value is -3.72. The van der Waals surface area contributed by atoms with Crippen molar-refractivity contribution in [3.63, 3.8) is 0 Å². The van der Waals surface area contributed by atoms with E-state index in [1.807, 2.05) is 72.8 Å². The second-order valence-corrected chi connectivity index (χ2v) is 10.9. The number of carbonyl (C=O) groups is 1. The van der Waals surface area contributed by atoms with Crippen molar-refractivity contribution in [3.05, 3.63) is 108 Å². The number of anilines is 1. The van der Waals surface area contributed by atoms with Gasteiger partial charge in [0.25, 0.3) is 5.91 Å². The fraction of sp³-hybridized carbons (Fsp3) is 0.207. The molecule has 37 heavy (non-hydrogen) atoms. The normalized spacial score (nSPS) is 14.9. The van der Waals surface area contributed by atoms with E-state index >= 15 is 0 Å². The Bertz CT molecular complexity index is 1470. The Balaban J connectivity index is 1.19. The van der Waals surface area contributed by atoms with Gasteiger partial charge in [-0.15, -0.1) is 0 Å². The molecule has 1 aliphatic rings. The Morgan fingerprint density at radius 1 is 0.784 bits per heavy atom. The van der Waals surface area contributed by atoms with E-state index in [-0.39, 0.29) is 12.5 Å². The van der Waals surface area contributed by atoms with Crippen molar-refractivity contribution >= 4 is 32.4 Å². The number of nitrogens with zero attached hydrogens (tertiary/aromatic N) is 2. The van der Waals surface area contributed by atoms with E-state index in [0.717, 1.165) is 28.6 Å². The summed E-state index contributed by atoms with van der Waals surface area (Å²) in [7, 11) is -3.59. The number of hydrogen-bond acceptors (Lipinski definition) is 5. The van der Waals surface area contributed by atoms with Crippen LogP contribution in [0.25, 0.3) is 10.8 Å². The van der Waals surface area contributed by atoms with E-state index in [1.54, 1.807) is 28.6 Å². The second-order valence-electron chi connectivity index (χ2n) is 9.01. The van der Waals surface area contributed by atoms with Gasteiger partial charge >= 0.3 is 0 Å². The van der Waals surface area contributed by atoms with Crippen molar-refractivity contribution in [2.24, 2.45) is 0 Å². The van der Waals surface area contributed by atoms with Gasteiger partial charge < -0.3 is 4.90 Å². The molecule has 0 bridgehead atoms. The quantitative estimate of drug-likeness (QED) is 0.364. The minimum absolute atomic E-state index is 0.289. The summed E-state index contributed by atoms with van der Waals surface area (Å²) in [6.45, 7) is 2.45. The first-order chi connectivity index (χ1) is 18.0. The van der Waals surface area contributed by atoms with Gasteiger partial charge in [-0.05, 0) is 59.2 Å². The lowest BCUT2D eigenvalue weighted by molar-refractivity contribution is 0.0233. The zero-order chi connectivity index (χ0) is 25.7. The lowest BCUT2D eigenvalue weighted by Crippen LogP contribution is -2.35. The third-order valence-electron chi connectivity index (χ3n) is 6.55. The fourth-order valence-corrected chi connectivity index (χ4v) is 6.02. The molecule has 4 aromatic carbocycles. The van der Waals surface area contributed by atoms with Crippen LogP contribution in [0.1, 0.15) is 22.3 Å². The average Bonchev–Trinajstić information content (AvgIpc) is 3.20. The van der Waals surface area contributed by atoms with E-state index < -0.39 is 10.0 Å². The van der Waals surface area contributed by atoms with E-state index in [1.165, 1.54) is 0 Å². The average molecular weight is 516 g/mol. The van der Waals surface area contributed by atoms with Crippen LogP contribution >= 0.6 is 0 Å². The summed E-state index contributed by atoms with van der Waals surface area (Å²) in [5, 5.41) is 1.93. The minimum Gasteiger partial charge on any atom is -0.370 e. The molecule has 0 unspecified atom stereocenters. The summed E-state index contributed by atoms with van der Waals surface area (Å²) in [5.41, 5.74) is 4.89. The van der Waals surface area contributed by atoms with Crippen molar-refractivity contribution in [1.29, 1.82) is 0 Å². The Morgan fingerprint density at radius 2 is 1.51 bits per heavy atom. The van der Waals surface area contributed by atoms with Crippen molar-refractivity contribution in [2.75, 3.05) is 31.1 Å². The molecule has 0 aliphatic carbocycles. The predicted molar refractivity (Wildman–Crippen MR) is 145 cm³/mol. The Labute approximate surface area is 217 Å². The Morgan fingerprint density at radius 3 is 2.30 bits per heavy atom. The molecule has 0 spiro atoms. The summed E-state index contributed by atoms with van der Waals surface area (Å²) in [5.74, 6) is -0.314. The number of fused-ring (bicyclic) bond motifs is 1. The maximum absolute atomic E-state index is 13.4. The van der Waals surface area contributed by atoms with Gasteiger partial charge in [0.2, 0.25) is 10.0 Å². The number of rotatable bonds is 7. The van der Waals surface area contributed by atoms with Gasteiger partial charge in [-0.2, -0.15) is 4.31 Å². The minimum atomic E-state index is -3.59. The van der Waals surface area contributed by atoms with E-state index in [0.29, 0.717) is 36.5 Å². The lowest BCUT2D eigenvalue weighted by atomic mass is 10.1. The van der Waals surface area contributed by atoms with E-state index in [2.05, 4.69) is 10.4 Å². The molecule has 0 aromatic heterocycles. The van der Waals surface area contributed by atoms with Gasteiger partial charge in [0.1, 0.15) is 0 Å². The van der Waals surface area contributed by atoms with E-state index in [9.17, 15) is 13.2 Å². The molecule has 1 amide bonds. The van der Waals surface area contributed by atoms with Crippen LogP contribution in [-0.4, -0.2) is 44.8 Å². The summed E-state index contributed by atoms with van der Waals surface area (Å²) in [6, 6.07) is 30.0. The second kappa shape index (κ2) is 11.1. The highest BCUT2D eigenvalue weighted by atomic mass is 32.2. The summed E-state index contributed by atoms with van der Waals surface area (Å²) in [4.78, 5) is 20.2. The van der Waals surface area contributed by atoms with Gasteiger partial charge in [-0.25, -0.2) is 13.9 Å². The summed E-state index contributed by atoms with van der Waals surface area (Å²) >= 11 is 0. The Kier molecular flexibility index (Phi) is 7.50. The highest BCUT2D eigenvalue weighted by Gasteiger charge is 2.27. The maximum atomic E-state index is 13.4. The first-order valence-electron chi connectivity index (χ1n) is 12.3. The molecule has 1 heterocycles. The molecule has 1 N–H and O–H groups in total. The van der Waals surface area contributed by atoms with Crippen LogP contribution < -0.4 is 10.4 Å².